The lowest BCUT2D eigenvalue weighted by Crippen LogP contribution is -2.37. The summed E-state index contributed by atoms with van der Waals surface area (Å²) in [7, 11) is -3.83. The van der Waals surface area contributed by atoms with Crippen molar-refractivity contribution in [1.29, 1.82) is 0 Å². The minimum Gasteiger partial charge on any atom is -0.478 e. The molecule has 11 nitrogen and oxygen atoms in total. The molecule has 0 bridgehead atoms. The number of aliphatic carboxylic acids is 2. The largest absolute Gasteiger partial charge is 0.478 e. The van der Waals surface area contributed by atoms with Crippen molar-refractivity contribution in [1.82, 2.24) is 18.8 Å². The number of amides is 1. The molecule has 1 amide bonds. The van der Waals surface area contributed by atoms with Gasteiger partial charge in [-0.2, -0.15) is 0 Å². The number of carboxylic acids is 2. The van der Waals surface area contributed by atoms with Gasteiger partial charge < -0.3 is 15.1 Å². The zero-order chi connectivity index (χ0) is 32.0. The quantitative estimate of drug-likeness (QED) is 0.277. The van der Waals surface area contributed by atoms with Crippen LogP contribution in [0.2, 0.25) is 0 Å². The molecule has 3 aromatic carbocycles. The molecule has 45 heavy (non-hydrogen) atoms. The number of rotatable bonds is 8. The van der Waals surface area contributed by atoms with E-state index < -0.39 is 22.0 Å². The molecule has 0 radical (unpaired) electrons. The average molecular weight is 631 g/mol. The molecule has 2 fully saturated rings. The number of carboxylic acid groups (broad SMARTS) is 2. The van der Waals surface area contributed by atoms with Gasteiger partial charge in [0.25, 0.3) is 15.9 Å². The van der Waals surface area contributed by atoms with Crippen molar-refractivity contribution in [2.75, 3.05) is 26.2 Å². The van der Waals surface area contributed by atoms with Crippen molar-refractivity contribution in [3.63, 3.8) is 0 Å². The second-order valence-corrected chi connectivity index (χ2v) is 12.7. The van der Waals surface area contributed by atoms with E-state index in [4.69, 9.17) is 10.2 Å². The second-order valence-electron chi connectivity index (χ2n) is 10.9. The molecule has 2 aliphatic heterocycles. The Morgan fingerprint density at radius 3 is 2.09 bits per heavy atom. The molecule has 0 spiro atoms. The number of nitrogens with zero attached hydrogens (tertiary/aromatic N) is 4. The van der Waals surface area contributed by atoms with Crippen LogP contribution in [0.3, 0.4) is 0 Å². The van der Waals surface area contributed by atoms with Crippen molar-refractivity contribution in [3.8, 4) is 0 Å². The van der Waals surface area contributed by atoms with E-state index in [0.717, 1.165) is 38.2 Å². The summed E-state index contributed by atoms with van der Waals surface area (Å²) in [6, 6.07) is 23.7. The van der Waals surface area contributed by atoms with E-state index in [9.17, 15) is 22.8 Å². The smallest absolute Gasteiger partial charge is 0.328 e. The molecule has 2 aliphatic rings. The maximum atomic E-state index is 13.6. The lowest BCUT2D eigenvalue weighted by atomic mass is 10.1. The number of hydrogen-bond donors (Lipinski definition) is 2. The van der Waals surface area contributed by atoms with Crippen LogP contribution in [0.5, 0.6) is 0 Å². The van der Waals surface area contributed by atoms with Gasteiger partial charge in [-0.1, -0.05) is 42.5 Å². The van der Waals surface area contributed by atoms with Gasteiger partial charge in [0.2, 0.25) is 0 Å². The Hall–Kier alpha value is -4.81. The Bertz CT molecular complexity index is 1800. The summed E-state index contributed by atoms with van der Waals surface area (Å²) in [5.41, 5.74) is 2.74. The van der Waals surface area contributed by atoms with Crippen molar-refractivity contribution in [2.24, 2.45) is 0 Å². The molecule has 1 atom stereocenters. The number of carbonyl (C=O) groups excluding carboxylic acids is 1. The lowest BCUT2D eigenvalue weighted by Gasteiger charge is -2.23. The van der Waals surface area contributed by atoms with Gasteiger partial charge in [0.15, 0.2) is 0 Å². The molecule has 6 rings (SSSR count). The number of imidazole rings is 1. The van der Waals surface area contributed by atoms with Gasteiger partial charge >= 0.3 is 11.9 Å². The highest BCUT2D eigenvalue weighted by molar-refractivity contribution is 7.90. The van der Waals surface area contributed by atoms with Gasteiger partial charge in [-0.15, -0.1) is 0 Å². The summed E-state index contributed by atoms with van der Waals surface area (Å²) in [6.45, 7) is 3.88. The predicted molar refractivity (Wildman–Crippen MR) is 168 cm³/mol. The fraction of sp³-hybridized carbons (Fsp3) is 0.273. The number of aromatic nitrogens is 2. The molecule has 0 aliphatic carbocycles. The molecule has 234 valence electrons. The van der Waals surface area contributed by atoms with Crippen molar-refractivity contribution >= 4 is 38.9 Å². The Morgan fingerprint density at radius 2 is 1.44 bits per heavy atom. The predicted octanol–water partition coefficient (Wildman–Crippen LogP) is 3.89. The summed E-state index contributed by atoms with van der Waals surface area (Å²) in [4.78, 5) is 41.6. The number of likely N-dealkylation sites (tertiary alicyclic amines) is 2. The van der Waals surface area contributed by atoms with Gasteiger partial charge in [-0.3, -0.25) is 9.69 Å². The SMILES string of the molecule is O=C(O)C=CC(=O)O.O=C(c1ccc(Cc2nc3ccccc3n2S(=O)(=O)c2ccccc2)cc1)N1CC[C@H](N2CCCC2)C1. The van der Waals surface area contributed by atoms with Crippen molar-refractivity contribution < 1.29 is 33.0 Å². The molecular weight excluding hydrogens is 596 g/mol. The number of benzene rings is 3. The summed E-state index contributed by atoms with van der Waals surface area (Å²) >= 11 is 0. The second kappa shape index (κ2) is 13.9. The normalized spacial score (nSPS) is 17.0. The molecule has 0 saturated carbocycles. The molecule has 3 heterocycles. The van der Waals surface area contributed by atoms with E-state index in [0.29, 0.717) is 47.0 Å². The molecular formula is C33H34N4O7S. The highest BCUT2D eigenvalue weighted by atomic mass is 32.2. The summed E-state index contributed by atoms with van der Waals surface area (Å²) in [6.07, 6.45) is 5.00. The zero-order valence-corrected chi connectivity index (χ0v) is 25.3. The lowest BCUT2D eigenvalue weighted by molar-refractivity contribution is -0.134. The molecule has 1 aromatic heterocycles. The van der Waals surface area contributed by atoms with Crippen LogP contribution in [0.4, 0.5) is 0 Å². The third kappa shape index (κ3) is 7.47. The van der Waals surface area contributed by atoms with Crippen LogP contribution in [0.25, 0.3) is 11.0 Å². The van der Waals surface area contributed by atoms with Gasteiger partial charge in [0, 0.05) is 43.3 Å². The van der Waals surface area contributed by atoms with Gasteiger partial charge in [0.1, 0.15) is 5.82 Å². The standard InChI is InChI=1S/C29H30N4O3S.C4H4O4/c34-29(32-19-16-24(21-32)31-17-6-7-18-31)23-14-12-22(13-15-23)20-28-30-26-10-4-5-11-27(26)33(28)37(35,36)25-8-2-1-3-9-25;5-3(6)1-2-4(7)8/h1-5,8-15,24H,6-7,16-21H2;1-2H,(H,5,6)(H,7,8)/t24-;/m0./s1. The van der Waals surface area contributed by atoms with E-state index >= 15 is 0 Å². The van der Waals surface area contributed by atoms with Gasteiger partial charge in [0.05, 0.1) is 15.9 Å². The first-order valence-electron chi connectivity index (χ1n) is 14.7. The molecule has 2 N–H and O–H groups in total. The third-order valence-electron chi connectivity index (χ3n) is 7.91. The van der Waals surface area contributed by atoms with Crippen LogP contribution >= 0.6 is 0 Å². The average Bonchev–Trinajstić information content (AvgIpc) is 3.81. The van der Waals surface area contributed by atoms with Crippen LogP contribution in [0, 0.1) is 0 Å². The first-order chi connectivity index (χ1) is 21.6. The number of carbonyl (C=O) groups is 3. The molecule has 12 heteroatoms. The topological polar surface area (TPSA) is 150 Å². The summed E-state index contributed by atoms with van der Waals surface area (Å²) < 4.78 is 28.5. The van der Waals surface area contributed by atoms with Crippen LogP contribution in [0.15, 0.2) is 95.9 Å². The first-order valence-corrected chi connectivity index (χ1v) is 16.1. The number of fused-ring (bicyclic) bond motifs is 1. The highest BCUT2D eigenvalue weighted by Crippen LogP contribution is 2.26. The first kappa shape index (κ1) is 31.6. The molecule has 0 unspecified atom stereocenters. The fourth-order valence-electron chi connectivity index (χ4n) is 5.74. The van der Waals surface area contributed by atoms with Gasteiger partial charge in [-0.25, -0.2) is 27.0 Å². The van der Waals surface area contributed by atoms with E-state index in [1.807, 2.05) is 47.4 Å². The summed E-state index contributed by atoms with van der Waals surface area (Å²) in [5, 5.41) is 15.6. The Balaban J connectivity index is 0.000000444. The zero-order valence-electron chi connectivity index (χ0n) is 24.5. The molecule has 2 saturated heterocycles. The Morgan fingerprint density at radius 1 is 0.822 bits per heavy atom. The third-order valence-corrected chi connectivity index (χ3v) is 9.66. The van der Waals surface area contributed by atoms with E-state index in [2.05, 4.69) is 9.88 Å². The van der Waals surface area contributed by atoms with Crippen LogP contribution in [-0.4, -0.2) is 87.5 Å². The van der Waals surface area contributed by atoms with Crippen molar-refractivity contribution in [2.45, 2.75) is 36.6 Å². The van der Waals surface area contributed by atoms with Crippen LogP contribution < -0.4 is 0 Å². The highest BCUT2D eigenvalue weighted by Gasteiger charge is 2.32. The monoisotopic (exact) mass is 630 g/mol. The van der Waals surface area contributed by atoms with Crippen molar-refractivity contribution in [3.05, 3.63) is 108 Å². The van der Waals surface area contributed by atoms with E-state index in [1.165, 1.54) is 16.8 Å². The Kier molecular flexibility index (Phi) is 9.74. The maximum Gasteiger partial charge on any atom is 0.328 e. The minimum atomic E-state index is -3.83. The maximum absolute atomic E-state index is 13.6. The van der Waals surface area contributed by atoms with Crippen LogP contribution in [-0.2, 0) is 26.0 Å². The van der Waals surface area contributed by atoms with E-state index in [1.54, 1.807) is 36.4 Å². The number of para-hydroxylation sites is 2. The summed E-state index contributed by atoms with van der Waals surface area (Å²) in [5.74, 6) is -2.01. The van der Waals surface area contributed by atoms with Gasteiger partial charge in [-0.05, 0) is 74.3 Å². The van der Waals surface area contributed by atoms with Crippen LogP contribution in [0.1, 0.15) is 41.0 Å². The van der Waals surface area contributed by atoms with E-state index in [-0.39, 0.29) is 10.8 Å². The molecule has 4 aromatic rings. The fourth-order valence-corrected chi connectivity index (χ4v) is 7.24. The Labute approximate surface area is 261 Å². The number of hydrogen-bond acceptors (Lipinski definition) is 7. The minimum absolute atomic E-state index is 0.0622.